The van der Waals surface area contributed by atoms with E-state index in [1.54, 1.807) is 0 Å². The summed E-state index contributed by atoms with van der Waals surface area (Å²) < 4.78 is 12.4. The van der Waals surface area contributed by atoms with E-state index in [0.29, 0.717) is 0 Å². The van der Waals surface area contributed by atoms with Gasteiger partial charge >= 0.3 is 6.85 Å². The van der Waals surface area contributed by atoms with Crippen molar-refractivity contribution < 1.29 is 4.42 Å². The molecular formula is C49H37BN2OS2. The number of fused-ring (bicyclic) bond motifs is 16. The minimum atomic E-state index is -0.0266. The zero-order valence-electron chi connectivity index (χ0n) is 31.5. The molecule has 10 aromatic rings. The van der Waals surface area contributed by atoms with Gasteiger partial charge in [-0.3, -0.25) is 0 Å². The van der Waals surface area contributed by atoms with Crippen molar-refractivity contribution in [2.24, 2.45) is 0 Å². The van der Waals surface area contributed by atoms with Crippen LogP contribution < -0.4 is 15.8 Å². The molecule has 6 aromatic carbocycles. The fraction of sp³-hybridized carbons (Fsp3) is 0.184. The van der Waals surface area contributed by atoms with Crippen LogP contribution in [0.25, 0.3) is 74.4 Å². The summed E-state index contributed by atoms with van der Waals surface area (Å²) in [5, 5.41) is 9.04. The van der Waals surface area contributed by atoms with Gasteiger partial charge in [-0.15, -0.1) is 22.7 Å². The Bertz CT molecular complexity index is 3370. The van der Waals surface area contributed by atoms with Gasteiger partial charge in [0.05, 0.1) is 15.5 Å². The summed E-state index contributed by atoms with van der Waals surface area (Å²) in [4.78, 5) is 4.01. The highest BCUT2D eigenvalue weighted by Gasteiger charge is 2.47. The molecule has 55 heavy (non-hydrogen) atoms. The van der Waals surface area contributed by atoms with Gasteiger partial charge in [-0.05, 0) is 93.9 Å². The van der Waals surface area contributed by atoms with Crippen LogP contribution in [-0.4, -0.2) is 11.3 Å². The van der Waals surface area contributed by atoms with Crippen molar-refractivity contribution >= 4 is 120 Å². The molecule has 3 nitrogen and oxygen atoms in total. The van der Waals surface area contributed by atoms with Crippen LogP contribution in [0.4, 0.5) is 16.4 Å². The molecule has 0 unspecified atom stereocenters. The fourth-order valence-electron chi connectivity index (χ4n) is 10.8. The number of benzene rings is 6. The number of hydrogen-bond acceptors (Lipinski definition) is 4. The fourth-order valence-corrected chi connectivity index (χ4v) is 13.3. The van der Waals surface area contributed by atoms with E-state index >= 15 is 0 Å². The average molecular weight is 745 g/mol. The summed E-state index contributed by atoms with van der Waals surface area (Å²) in [5.41, 5.74) is 15.6. The van der Waals surface area contributed by atoms with Crippen molar-refractivity contribution in [2.75, 3.05) is 4.90 Å². The van der Waals surface area contributed by atoms with Crippen molar-refractivity contribution in [3.05, 3.63) is 126 Å². The monoisotopic (exact) mass is 744 g/mol. The van der Waals surface area contributed by atoms with Crippen molar-refractivity contribution in [2.45, 2.75) is 58.3 Å². The van der Waals surface area contributed by atoms with Gasteiger partial charge in [0.1, 0.15) is 11.2 Å². The molecule has 0 spiro atoms. The number of aryl methyl sites for hydroxylation is 1. The van der Waals surface area contributed by atoms with Crippen LogP contribution in [0, 0.1) is 6.92 Å². The second-order valence-corrected chi connectivity index (χ2v) is 19.6. The molecule has 1 aliphatic carbocycles. The van der Waals surface area contributed by atoms with E-state index in [0.717, 1.165) is 11.2 Å². The van der Waals surface area contributed by atoms with Crippen LogP contribution in [0.5, 0.6) is 0 Å². The van der Waals surface area contributed by atoms with Crippen LogP contribution >= 0.6 is 22.7 Å². The lowest BCUT2D eigenvalue weighted by Crippen LogP contribution is -2.56. The second kappa shape index (κ2) is 10.1. The minimum absolute atomic E-state index is 0.0266. The predicted molar refractivity (Wildman–Crippen MR) is 238 cm³/mol. The molecule has 0 saturated heterocycles. The SMILES string of the molecule is Cc1cc2c(cc1N1c3cc4c(oc5ccccc54)c4c3B(c3c1sc1ccccc31)n1c3sc5ccccc5c3c3cccc-4c31)C(C)(C)CCC2(C)C. The number of anilines is 3. The lowest BCUT2D eigenvalue weighted by molar-refractivity contribution is 0.332. The highest BCUT2D eigenvalue weighted by Crippen LogP contribution is 2.55. The van der Waals surface area contributed by atoms with E-state index in [1.165, 1.54) is 120 Å². The highest BCUT2D eigenvalue weighted by atomic mass is 32.1. The quantitative estimate of drug-likeness (QED) is 0.156. The van der Waals surface area contributed by atoms with Gasteiger partial charge in [-0.1, -0.05) is 107 Å². The number of furan rings is 1. The normalized spacial score (nSPS) is 16.5. The Morgan fingerprint density at radius 1 is 0.636 bits per heavy atom. The predicted octanol–water partition coefficient (Wildman–Crippen LogP) is 13.2. The Hall–Kier alpha value is -5.30. The zero-order valence-corrected chi connectivity index (χ0v) is 33.1. The number of thiophene rings is 2. The van der Waals surface area contributed by atoms with Gasteiger partial charge in [0, 0.05) is 58.7 Å². The van der Waals surface area contributed by atoms with Crippen molar-refractivity contribution in [1.29, 1.82) is 0 Å². The zero-order chi connectivity index (χ0) is 36.7. The minimum Gasteiger partial charge on any atom is -0.455 e. The second-order valence-electron chi connectivity index (χ2n) is 17.5. The lowest BCUT2D eigenvalue weighted by Gasteiger charge is -2.44. The molecule has 264 valence electrons. The highest BCUT2D eigenvalue weighted by molar-refractivity contribution is 7.27. The molecule has 0 atom stereocenters. The van der Waals surface area contributed by atoms with E-state index in [1.807, 2.05) is 22.7 Å². The number of aromatic nitrogens is 1. The first-order valence-corrected chi connectivity index (χ1v) is 21.2. The first-order chi connectivity index (χ1) is 26.7. The van der Waals surface area contributed by atoms with Crippen LogP contribution in [0.2, 0.25) is 0 Å². The van der Waals surface area contributed by atoms with E-state index in [9.17, 15) is 0 Å². The Labute approximate surface area is 327 Å². The summed E-state index contributed by atoms with van der Waals surface area (Å²) >= 11 is 3.89. The first kappa shape index (κ1) is 31.0. The molecule has 13 rings (SSSR count). The van der Waals surface area contributed by atoms with Crippen molar-refractivity contribution in [1.82, 2.24) is 4.48 Å². The van der Waals surface area contributed by atoms with Gasteiger partial charge in [0.25, 0.3) is 0 Å². The Kier molecular flexibility index (Phi) is 5.69. The first-order valence-electron chi connectivity index (χ1n) is 19.6. The van der Waals surface area contributed by atoms with Gasteiger partial charge in [-0.2, -0.15) is 0 Å². The molecule has 4 aromatic heterocycles. The van der Waals surface area contributed by atoms with Crippen LogP contribution in [0.15, 0.2) is 114 Å². The summed E-state index contributed by atoms with van der Waals surface area (Å²) in [7, 11) is 0. The van der Waals surface area contributed by atoms with Gasteiger partial charge in [0.15, 0.2) is 0 Å². The van der Waals surface area contributed by atoms with Gasteiger partial charge in [-0.25, -0.2) is 0 Å². The molecule has 0 bridgehead atoms. The van der Waals surface area contributed by atoms with Gasteiger partial charge in [0.2, 0.25) is 0 Å². The molecule has 2 aliphatic heterocycles. The maximum Gasteiger partial charge on any atom is 0.335 e. The maximum atomic E-state index is 7.02. The maximum absolute atomic E-state index is 7.02. The van der Waals surface area contributed by atoms with E-state index in [2.05, 4.69) is 153 Å². The molecular weight excluding hydrogens is 707 g/mol. The van der Waals surface area contributed by atoms with Crippen molar-refractivity contribution in [3.8, 4) is 11.1 Å². The van der Waals surface area contributed by atoms with E-state index < -0.39 is 0 Å². The van der Waals surface area contributed by atoms with Crippen molar-refractivity contribution in [3.63, 3.8) is 0 Å². The summed E-state index contributed by atoms with van der Waals surface area (Å²) in [6.45, 7) is 12.1. The topological polar surface area (TPSA) is 21.3 Å². The van der Waals surface area contributed by atoms with Crippen LogP contribution in [0.3, 0.4) is 0 Å². The molecule has 0 radical (unpaired) electrons. The Balaban J connectivity index is 1.25. The molecule has 0 amide bonds. The third kappa shape index (κ3) is 3.73. The number of nitrogens with zero attached hydrogens (tertiary/aromatic N) is 2. The average Bonchev–Trinajstić information content (AvgIpc) is 3.94. The van der Waals surface area contributed by atoms with E-state index in [-0.39, 0.29) is 17.7 Å². The molecule has 6 heterocycles. The standard InChI is InChI=1S/C49H37BN2OS2/c1-26-23-33-34(49(4,5)22-21-48(33,2)3)25-35(26)51-36-24-32-27-13-6-9-18-37(27)53-45(32)41-31-17-12-16-30-40-28-14-7-10-19-38(28)54-46(40)52(44(30)31)50(43(36)41)42-29-15-8-11-20-39(29)55-47(42)51/h6-20,23-25H,21-22H2,1-5H3. The number of rotatable bonds is 1. The van der Waals surface area contributed by atoms with E-state index in [4.69, 9.17) is 4.42 Å². The Morgan fingerprint density at radius 2 is 1.31 bits per heavy atom. The molecule has 0 fully saturated rings. The summed E-state index contributed by atoms with van der Waals surface area (Å²) in [5.74, 6) is 0. The summed E-state index contributed by atoms with van der Waals surface area (Å²) in [6, 6.07) is 41.3. The van der Waals surface area contributed by atoms with Crippen LogP contribution in [0.1, 0.15) is 57.2 Å². The molecule has 0 saturated carbocycles. The third-order valence-electron chi connectivity index (χ3n) is 13.6. The largest absolute Gasteiger partial charge is 0.455 e. The summed E-state index contributed by atoms with van der Waals surface area (Å²) in [6.07, 6.45) is 2.38. The smallest absolute Gasteiger partial charge is 0.335 e. The third-order valence-corrected chi connectivity index (χ3v) is 15.9. The number of hydrogen-bond donors (Lipinski definition) is 0. The van der Waals surface area contributed by atoms with Gasteiger partial charge < -0.3 is 13.8 Å². The molecule has 0 N–H and O–H groups in total. The lowest BCUT2D eigenvalue weighted by atomic mass is 9.45. The molecule has 6 heteroatoms. The van der Waals surface area contributed by atoms with Crippen LogP contribution in [-0.2, 0) is 10.8 Å². The molecule has 3 aliphatic rings. The Morgan fingerprint density at radius 3 is 2.11 bits per heavy atom. The number of para-hydroxylation sites is 2.